The molecule has 4 aliphatic rings. The number of benzene rings is 4. The zero-order valence-corrected chi connectivity index (χ0v) is 22.8. The van der Waals surface area contributed by atoms with Crippen LogP contribution in [-0.4, -0.2) is 34.7 Å². The van der Waals surface area contributed by atoms with Gasteiger partial charge in [0.1, 0.15) is 0 Å². The highest BCUT2D eigenvalue weighted by atomic mass is 16.2. The van der Waals surface area contributed by atoms with Crippen molar-refractivity contribution in [2.75, 3.05) is 13.1 Å². The largest absolute Gasteiger partial charge is 0.332 e. The fourth-order valence-corrected chi connectivity index (χ4v) is 7.19. The van der Waals surface area contributed by atoms with Crippen molar-refractivity contribution in [3.8, 4) is 0 Å². The van der Waals surface area contributed by atoms with Crippen LogP contribution in [0.5, 0.6) is 0 Å². The van der Waals surface area contributed by atoms with Gasteiger partial charge in [-0.15, -0.1) is 0 Å². The topological polar surface area (TPSA) is 40.6 Å². The second-order valence-electron chi connectivity index (χ2n) is 11.4. The SMILES string of the molecule is O=C1c2ccccc2Cc2ccccc2[C@H]2CCCN12.O=C1c2ccccc2Cc2ccccc2[C@H]2CCCN12. The molecule has 0 N–H and O–H groups in total. The van der Waals surface area contributed by atoms with E-state index in [1.54, 1.807) is 0 Å². The van der Waals surface area contributed by atoms with Crippen molar-refractivity contribution < 1.29 is 9.59 Å². The first-order chi connectivity index (χ1) is 19.7. The van der Waals surface area contributed by atoms with Crippen LogP contribution in [0.3, 0.4) is 0 Å². The first kappa shape index (κ1) is 24.8. The third-order valence-corrected chi connectivity index (χ3v) is 9.11. The predicted molar refractivity (Wildman–Crippen MR) is 157 cm³/mol. The summed E-state index contributed by atoms with van der Waals surface area (Å²) in [7, 11) is 0. The Morgan fingerprint density at radius 2 is 0.850 bits per heavy atom. The van der Waals surface area contributed by atoms with Gasteiger partial charge in [0.15, 0.2) is 0 Å². The van der Waals surface area contributed by atoms with Gasteiger partial charge in [-0.2, -0.15) is 0 Å². The summed E-state index contributed by atoms with van der Waals surface area (Å²) in [4.78, 5) is 29.7. The number of carbonyl (C=O) groups excluding carboxylic acids is 2. The van der Waals surface area contributed by atoms with E-state index in [2.05, 4.69) is 70.5 Å². The Hall–Kier alpha value is -4.18. The van der Waals surface area contributed by atoms with Crippen LogP contribution in [0.15, 0.2) is 97.1 Å². The van der Waals surface area contributed by atoms with Crippen LogP contribution in [0, 0.1) is 0 Å². The molecule has 4 aromatic rings. The number of carbonyl (C=O) groups is 2. The van der Waals surface area contributed by atoms with Crippen LogP contribution in [0.4, 0.5) is 0 Å². The Balaban J connectivity index is 0.000000132. The van der Waals surface area contributed by atoms with E-state index in [0.29, 0.717) is 0 Å². The third-order valence-electron chi connectivity index (χ3n) is 9.11. The second-order valence-corrected chi connectivity index (χ2v) is 11.4. The van der Waals surface area contributed by atoms with Gasteiger partial charge in [0.2, 0.25) is 0 Å². The molecule has 4 aromatic carbocycles. The Labute approximate surface area is 236 Å². The highest BCUT2D eigenvalue weighted by molar-refractivity contribution is 5.97. The maximum Gasteiger partial charge on any atom is 0.254 e. The van der Waals surface area contributed by atoms with Crippen molar-refractivity contribution in [3.63, 3.8) is 0 Å². The number of hydrogen-bond acceptors (Lipinski definition) is 2. The minimum Gasteiger partial charge on any atom is -0.332 e. The molecule has 0 spiro atoms. The normalized spacial score (nSPS) is 20.7. The minimum absolute atomic E-state index is 0.206. The minimum atomic E-state index is 0.206. The molecule has 4 heterocycles. The number of nitrogens with zero attached hydrogens (tertiary/aromatic N) is 2. The number of amides is 2. The molecule has 2 amide bonds. The molecular formula is C36H34N2O2. The van der Waals surface area contributed by atoms with E-state index in [0.717, 1.165) is 73.9 Å². The van der Waals surface area contributed by atoms with Gasteiger partial charge in [0, 0.05) is 24.2 Å². The molecule has 4 heteroatoms. The summed E-state index contributed by atoms with van der Waals surface area (Å²) in [6.45, 7) is 1.76. The van der Waals surface area contributed by atoms with Crippen LogP contribution >= 0.6 is 0 Å². The first-order valence-corrected chi connectivity index (χ1v) is 14.6. The van der Waals surface area contributed by atoms with Gasteiger partial charge >= 0.3 is 0 Å². The lowest BCUT2D eigenvalue weighted by molar-refractivity contribution is 0.0724. The Morgan fingerprint density at radius 1 is 0.475 bits per heavy atom. The fraction of sp³-hybridized carbons (Fsp3) is 0.278. The fourth-order valence-electron chi connectivity index (χ4n) is 7.19. The summed E-state index contributed by atoms with van der Waals surface area (Å²) in [5, 5.41) is 0. The maximum atomic E-state index is 12.8. The van der Waals surface area contributed by atoms with Gasteiger partial charge in [-0.25, -0.2) is 0 Å². The number of hydrogen-bond donors (Lipinski definition) is 0. The molecule has 2 saturated heterocycles. The molecule has 0 aliphatic carbocycles. The lowest BCUT2D eigenvalue weighted by Crippen LogP contribution is -2.33. The predicted octanol–water partition coefficient (Wildman–Crippen LogP) is 7.14. The van der Waals surface area contributed by atoms with E-state index in [4.69, 9.17) is 0 Å². The summed E-state index contributed by atoms with van der Waals surface area (Å²) in [5.74, 6) is 0.412. The van der Waals surface area contributed by atoms with Crippen molar-refractivity contribution >= 4 is 11.8 Å². The first-order valence-electron chi connectivity index (χ1n) is 14.6. The number of rotatable bonds is 0. The highest BCUT2D eigenvalue weighted by Crippen LogP contribution is 2.39. The lowest BCUT2D eigenvalue weighted by Gasteiger charge is -2.30. The van der Waals surface area contributed by atoms with Crippen LogP contribution in [0.1, 0.15) is 91.9 Å². The quantitative estimate of drug-likeness (QED) is 0.244. The molecule has 4 nitrogen and oxygen atoms in total. The van der Waals surface area contributed by atoms with Crippen LogP contribution in [-0.2, 0) is 12.8 Å². The zero-order chi connectivity index (χ0) is 27.1. The summed E-state index contributed by atoms with van der Waals surface area (Å²) in [6, 6.07) is 33.8. The summed E-state index contributed by atoms with van der Waals surface area (Å²) >= 11 is 0. The standard InChI is InChI=1S/2C18H17NO/c2*20-18-16-9-4-2-7-14(16)12-13-6-1-3-8-15(13)17-10-5-11-19(17)18/h2*1-4,6-9,17H,5,10-12H2/t2*17-/m11/s1. The molecule has 8 rings (SSSR count). The summed E-state index contributed by atoms with van der Waals surface area (Å²) in [6.07, 6.45) is 6.11. The molecule has 2 atom stereocenters. The Kier molecular flexibility index (Phi) is 6.47. The van der Waals surface area contributed by atoms with Gasteiger partial charge < -0.3 is 9.80 Å². The Bertz CT molecular complexity index is 1470. The van der Waals surface area contributed by atoms with E-state index in [1.807, 2.05) is 36.4 Å². The molecule has 2 fully saturated rings. The van der Waals surface area contributed by atoms with E-state index in [-0.39, 0.29) is 23.9 Å². The second kappa shape index (κ2) is 10.4. The van der Waals surface area contributed by atoms with E-state index >= 15 is 0 Å². The van der Waals surface area contributed by atoms with Crippen LogP contribution in [0.25, 0.3) is 0 Å². The van der Waals surface area contributed by atoms with Crippen molar-refractivity contribution in [2.45, 2.75) is 50.6 Å². The molecule has 40 heavy (non-hydrogen) atoms. The van der Waals surface area contributed by atoms with E-state index < -0.39 is 0 Å². The molecule has 200 valence electrons. The van der Waals surface area contributed by atoms with Crippen molar-refractivity contribution in [3.05, 3.63) is 142 Å². The molecule has 0 saturated carbocycles. The van der Waals surface area contributed by atoms with Crippen molar-refractivity contribution in [2.24, 2.45) is 0 Å². The maximum absolute atomic E-state index is 12.8. The van der Waals surface area contributed by atoms with E-state index in [9.17, 15) is 9.59 Å². The summed E-state index contributed by atoms with van der Waals surface area (Å²) < 4.78 is 0. The van der Waals surface area contributed by atoms with Gasteiger partial charge in [0.05, 0.1) is 12.1 Å². The molecule has 4 aliphatic heterocycles. The highest BCUT2D eigenvalue weighted by Gasteiger charge is 2.35. The van der Waals surface area contributed by atoms with Crippen LogP contribution < -0.4 is 0 Å². The van der Waals surface area contributed by atoms with Gasteiger partial charge in [-0.3, -0.25) is 9.59 Å². The van der Waals surface area contributed by atoms with E-state index in [1.165, 1.54) is 22.3 Å². The zero-order valence-electron chi connectivity index (χ0n) is 22.8. The average molecular weight is 527 g/mol. The monoisotopic (exact) mass is 526 g/mol. The molecular weight excluding hydrogens is 492 g/mol. The van der Waals surface area contributed by atoms with Crippen molar-refractivity contribution in [1.82, 2.24) is 9.80 Å². The summed E-state index contributed by atoms with van der Waals surface area (Å²) in [5.41, 5.74) is 9.47. The van der Waals surface area contributed by atoms with Gasteiger partial charge in [0.25, 0.3) is 11.8 Å². The molecule has 0 radical (unpaired) electrons. The van der Waals surface area contributed by atoms with Crippen molar-refractivity contribution in [1.29, 1.82) is 0 Å². The number of fused-ring (bicyclic) bond motifs is 8. The van der Waals surface area contributed by atoms with Gasteiger partial charge in [-0.1, -0.05) is 84.9 Å². The lowest BCUT2D eigenvalue weighted by atomic mass is 9.89. The smallest absolute Gasteiger partial charge is 0.254 e. The Morgan fingerprint density at radius 3 is 1.30 bits per heavy atom. The molecule has 0 unspecified atom stereocenters. The van der Waals surface area contributed by atoms with Crippen LogP contribution in [0.2, 0.25) is 0 Å². The molecule has 0 bridgehead atoms. The van der Waals surface area contributed by atoms with Gasteiger partial charge in [-0.05, 0) is 84.0 Å². The third kappa shape index (κ3) is 4.32. The average Bonchev–Trinajstić information content (AvgIpc) is 3.67. The molecule has 0 aromatic heterocycles.